The lowest BCUT2D eigenvalue weighted by atomic mass is 10.1. The van der Waals surface area contributed by atoms with Crippen LogP contribution in [-0.4, -0.2) is 10.9 Å². The molecule has 68 valence electrons. The van der Waals surface area contributed by atoms with E-state index in [2.05, 4.69) is 0 Å². The minimum Gasteiger partial charge on any atom is -0.313 e. The van der Waals surface area contributed by atoms with E-state index in [9.17, 15) is 9.59 Å². The molecule has 0 atom stereocenters. The average molecular weight is 177 g/mol. The van der Waals surface area contributed by atoms with Crippen molar-refractivity contribution in [3.05, 3.63) is 33.7 Å². The molecule has 0 N–H and O–H groups in total. The van der Waals surface area contributed by atoms with Gasteiger partial charge in [0, 0.05) is 23.9 Å². The quantitative estimate of drug-likeness (QED) is 0.600. The van der Waals surface area contributed by atoms with Crippen molar-refractivity contribution in [2.24, 2.45) is 0 Å². The Morgan fingerprint density at radius 2 is 2.15 bits per heavy atom. The zero-order valence-electron chi connectivity index (χ0n) is 7.32. The highest BCUT2D eigenvalue weighted by molar-refractivity contribution is 5.74. The maximum absolute atomic E-state index is 11.4. The molecule has 0 saturated carbocycles. The second-order valence-corrected chi connectivity index (χ2v) is 3.34. The lowest BCUT2D eigenvalue weighted by Crippen LogP contribution is -2.26. The van der Waals surface area contributed by atoms with Gasteiger partial charge in [-0.05, 0) is 25.3 Å². The molecule has 0 aromatic carbocycles. The summed E-state index contributed by atoms with van der Waals surface area (Å²) in [6, 6.07) is 3.22. The van der Waals surface area contributed by atoms with Gasteiger partial charge in [0.25, 0.3) is 5.56 Å². The van der Waals surface area contributed by atoms with Crippen LogP contribution in [0.4, 0.5) is 0 Å². The molecule has 1 aromatic heterocycles. The first-order valence-corrected chi connectivity index (χ1v) is 4.50. The van der Waals surface area contributed by atoms with Crippen LogP contribution in [0.25, 0.3) is 0 Å². The molecule has 1 aliphatic heterocycles. The summed E-state index contributed by atoms with van der Waals surface area (Å²) >= 11 is 0. The third-order valence-corrected chi connectivity index (χ3v) is 2.44. The molecule has 1 aliphatic rings. The second kappa shape index (κ2) is 3.17. The summed E-state index contributed by atoms with van der Waals surface area (Å²) in [4.78, 5) is 21.9. The van der Waals surface area contributed by atoms with Gasteiger partial charge in [0.1, 0.15) is 6.29 Å². The highest BCUT2D eigenvalue weighted by Gasteiger charge is 2.10. The van der Waals surface area contributed by atoms with Gasteiger partial charge >= 0.3 is 0 Å². The molecule has 1 aromatic rings. The number of hydrogen-bond acceptors (Lipinski definition) is 2. The van der Waals surface area contributed by atoms with Gasteiger partial charge in [0.2, 0.25) is 0 Å². The van der Waals surface area contributed by atoms with E-state index in [0.29, 0.717) is 5.56 Å². The average Bonchev–Trinajstić information content (AvgIpc) is 2.18. The number of nitrogens with zero attached hydrogens (tertiary/aromatic N) is 1. The van der Waals surface area contributed by atoms with E-state index in [4.69, 9.17) is 0 Å². The molecule has 0 aliphatic carbocycles. The van der Waals surface area contributed by atoms with Crippen molar-refractivity contribution in [3.63, 3.8) is 0 Å². The fourth-order valence-corrected chi connectivity index (χ4v) is 1.78. The summed E-state index contributed by atoms with van der Waals surface area (Å²) in [5.41, 5.74) is 1.46. The van der Waals surface area contributed by atoms with E-state index >= 15 is 0 Å². The van der Waals surface area contributed by atoms with Gasteiger partial charge in [-0.1, -0.05) is 0 Å². The number of fused-ring (bicyclic) bond motifs is 1. The van der Waals surface area contributed by atoms with Crippen molar-refractivity contribution in [3.8, 4) is 0 Å². The van der Waals surface area contributed by atoms with Crippen molar-refractivity contribution in [2.75, 3.05) is 0 Å². The Morgan fingerprint density at radius 1 is 1.31 bits per heavy atom. The molecule has 0 bridgehead atoms. The van der Waals surface area contributed by atoms with Crippen LogP contribution in [0.15, 0.2) is 16.9 Å². The summed E-state index contributed by atoms with van der Waals surface area (Å²) in [5.74, 6) is 0. The summed E-state index contributed by atoms with van der Waals surface area (Å²) in [6.07, 6.45) is 3.82. The number of carbonyl (C=O) groups is 1. The van der Waals surface area contributed by atoms with Gasteiger partial charge in [-0.2, -0.15) is 0 Å². The Kier molecular flexibility index (Phi) is 2.00. The molecule has 0 fully saturated rings. The van der Waals surface area contributed by atoms with Gasteiger partial charge in [0.15, 0.2) is 0 Å². The molecular weight excluding hydrogens is 166 g/mol. The third kappa shape index (κ3) is 1.41. The van der Waals surface area contributed by atoms with E-state index in [0.717, 1.165) is 37.8 Å². The maximum Gasteiger partial charge on any atom is 0.251 e. The minimum atomic E-state index is -0.0423. The molecule has 0 saturated heterocycles. The van der Waals surface area contributed by atoms with Gasteiger partial charge in [-0.25, -0.2) is 0 Å². The Labute approximate surface area is 76.0 Å². The number of aromatic nitrogens is 1. The fourth-order valence-electron chi connectivity index (χ4n) is 1.78. The van der Waals surface area contributed by atoms with Gasteiger partial charge in [-0.15, -0.1) is 0 Å². The topological polar surface area (TPSA) is 39.1 Å². The van der Waals surface area contributed by atoms with Gasteiger partial charge in [0.05, 0.1) is 0 Å². The summed E-state index contributed by atoms with van der Waals surface area (Å²) in [6.45, 7) is 0.799. The van der Waals surface area contributed by atoms with Crippen LogP contribution in [0.1, 0.15) is 28.9 Å². The number of carbonyl (C=O) groups excluding carboxylic acids is 1. The van der Waals surface area contributed by atoms with Crippen molar-refractivity contribution in [1.29, 1.82) is 0 Å². The predicted molar refractivity (Wildman–Crippen MR) is 49.0 cm³/mol. The molecule has 2 rings (SSSR count). The summed E-state index contributed by atoms with van der Waals surface area (Å²) in [7, 11) is 0. The second-order valence-electron chi connectivity index (χ2n) is 3.34. The van der Waals surface area contributed by atoms with Crippen molar-refractivity contribution in [1.82, 2.24) is 4.57 Å². The number of rotatable bonds is 1. The maximum atomic E-state index is 11.4. The molecule has 13 heavy (non-hydrogen) atoms. The van der Waals surface area contributed by atoms with Crippen molar-refractivity contribution in [2.45, 2.75) is 25.8 Å². The highest BCUT2D eigenvalue weighted by Crippen LogP contribution is 2.12. The Balaban J connectivity index is 2.59. The number of hydrogen-bond donors (Lipinski definition) is 0. The molecule has 0 radical (unpaired) electrons. The van der Waals surface area contributed by atoms with Crippen molar-refractivity contribution >= 4 is 6.29 Å². The first-order chi connectivity index (χ1) is 6.31. The minimum absolute atomic E-state index is 0.0423. The third-order valence-electron chi connectivity index (χ3n) is 2.44. The summed E-state index contributed by atoms with van der Waals surface area (Å²) < 4.78 is 1.76. The molecule has 2 heterocycles. The summed E-state index contributed by atoms with van der Waals surface area (Å²) in [5, 5.41) is 0. The zero-order valence-corrected chi connectivity index (χ0v) is 7.32. The molecule has 3 heteroatoms. The molecule has 0 unspecified atom stereocenters. The van der Waals surface area contributed by atoms with Gasteiger partial charge in [-0.3, -0.25) is 9.59 Å². The molecule has 0 amide bonds. The van der Waals surface area contributed by atoms with Crippen LogP contribution in [0.2, 0.25) is 0 Å². The number of pyridine rings is 1. The largest absolute Gasteiger partial charge is 0.313 e. The highest BCUT2D eigenvalue weighted by atomic mass is 16.1. The van der Waals surface area contributed by atoms with E-state index in [1.165, 1.54) is 6.07 Å². The van der Waals surface area contributed by atoms with Gasteiger partial charge < -0.3 is 4.57 Å². The molecular formula is C10H11NO2. The smallest absolute Gasteiger partial charge is 0.251 e. The first-order valence-electron chi connectivity index (χ1n) is 4.50. The lowest BCUT2D eigenvalue weighted by molar-refractivity contribution is 0.112. The van der Waals surface area contributed by atoms with Crippen LogP contribution >= 0.6 is 0 Å². The normalized spacial score (nSPS) is 15.1. The Bertz CT molecular complexity index is 392. The van der Waals surface area contributed by atoms with Crippen molar-refractivity contribution < 1.29 is 4.79 Å². The van der Waals surface area contributed by atoms with Crippen LogP contribution < -0.4 is 5.56 Å². The standard InChI is InChI=1S/C10H11NO2/c12-7-8-5-9-3-1-2-4-11(9)10(13)6-8/h5-7H,1-4H2. The van der Waals surface area contributed by atoms with E-state index in [1.807, 2.05) is 6.07 Å². The van der Waals surface area contributed by atoms with E-state index in [-0.39, 0.29) is 5.56 Å². The lowest BCUT2D eigenvalue weighted by Gasteiger charge is -2.17. The first kappa shape index (κ1) is 8.23. The number of aryl methyl sites for hydroxylation is 1. The monoisotopic (exact) mass is 177 g/mol. The number of aldehydes is 1. The molecule has 0 spiro atoms. The Hall–Kier alpha value is -1.38. The van der Waals surface area contributed by atoms with Crippen LogP contribution in [0.3, 0.4) is 0 Å². The van der Waals surface area contributed by atoms with Crippen LogP contribution in [0, 0.1) is 0 Å². The zero-order chi connectivity index (χ0) is 9.26. The Morgan fingerprint density at radius 3 is 2.92 bits per heavy atom. The van der Waals surface area contributed by atoms with E-state index < -0.39 is 0 Å². The molecule has 3 nitrogen and oxygen atoms in total. The fraction of sp³-hybridized carbons (Fsp3) is 0.400. The van der Waals surface area contributed by atoms with Crippen LogP contribution in [-0.2, 0) is 13.0 Å². The predicted octanol–water partition coefficient (Wildman–Crippen LogP) is 0.997. The SMILES string of the molecule is O=Cc1cc2n(c(=O)c1)CCCC2. The van der Waals surface area contributed by atoms with E-state index in [1.54, 1.807) is 4.57 Å². The van der Waals surface area contributed by atoms with Crippen LogP contribution in [0.5, 0.6) is 0 Å².